The molecule has 0 unspecified atom stereocenters. The molecular formula is C57H84O8Sn. The summed E-state index contributed by atoms with van der Waals surface area (Å²) < 4.78 is 43.8. The molecule has 0 spiro atoms. The zero-order valence-electron chi connectivity index (χ0n) is 42.6. The van der Waals surface area contributed by atoms with Crippen LogP contribution >= 0.6 is 0 Å². The third-order valence-electron chi connectivity index (χ3n) is 13.0. The monoisotopic (exact) mass is 1020 g/mol. The van der Waals surface area contributed by atoms with E-state index in [-0.39, 0.29) is 30.1 Å². The minimum atomic E-state index is -2.83. The van der Waals surface area contributed by atoms with Crippen LogP contribution in [0.5, 0.6) is 11.5 Å². The van der Waals surface area contributed by atoms with Gasteiger partial charge in [0.2, 0.25) is 0 Å². The van der Waals surface area contributed by atoms with Gasteiger partial charge in [0.25, 0.3) is 0 Å². The van der Waals surface area contributed by atoms with E-state index in [0.29, 0.717) is 0 Å². The Morgan fingerprint density at radius 3 is 1.68 bits per heavy atom. The maximum atomic E-state index is 14.5. The first kappa shape index (κ1) is 56.5. The van der Waals surface area contributed by atoms with Crippen molar-refractivity contribution in [3.8, 4) is 11.5 Å². The molecule has 3 rings (SSSR count). The topological polar surface area (TPSA) is 92.7 Å². The van der Waals surface area contributed by atoms with Crippen molar-refractivity contribution in [1.29, 1.82) is 0 Å². The second-order valence-electron chi connectivity index (χ2n) is 18.5. The molecule has 66 heavy (non-hydrogen) atoms. The van der Waals surface area contributed by atoms with Crippen LogP contribution in [0.2, 0.25) is 13.3 Å². The molecule has 8 nitrogen and oxygen atoms in total. The van der Waals surface area contributed by atoms with Gasteiger partial charge in [0.05, 0.1) is 14.2 Å². The fraction of sp³-hybridized carbons (Fsp3) is 0.526. The molecule has 364 valence electrons. The van der Waals surface area contributed by atoms with Gasteiger partial charge in [-0.05, 0) is 19.3 Å². The number of methoxy groups -OCH3 is 4. The number of hydrogen-bond donors (Lipinski definition) is 1. The molecule has 0 amide bonds. The summed E-state index contributed by atoms with van der Waals surface area (Å²) in [5.74, 6) is 0.435. The molecule has 0 fully saturated rings. The van der Waals surface area contributed by atoms with Crippen molar-refractivity contribution < 1.29 is 38.3 Å². The summed E-state index contributed by atoms with van der Waals surface area (Å²) in [4.78, 5) is 14.5. The Hall–Kier alpha value is -3.83. The van der Waals surface area contributed by atoms with E-state index in [2.05, 4.69) is 56.6 Å². The van der Waals surface area contributed by atoms with Crippen LogP contribution in [0.1, 0.15) is 117 Å². The second-order valence-corrected chi connectivity index (χ2v) is 31.5. The van der Waals surface area contributed by atoms with Crippen molar-refractivity contribution >= 4 is 24.3 Å². The van der Waals surface area contributed by atoms with Crippen molar-refractivity contribution in [2.75, 3.05) is 35.0 Å². The Labute approximate surface area is 403 Å². The number of carbonyl (C=O) groups is 1. The predicted molar refractivity (Wildman–Crippen MR) is 275 cm³/mol. The van der Waals surface area contributed by atoms with Gasteiger partial charge in [-0.15, -0.1) is 6.58 Å². The third-order valence-corrected chi connectivity index (χ3v) is 27.1. The zero-order valence-corrected chi connectivity index (χ0v) is 45.4. The van der Waals surface area contributed by atoms with Gasteiger partial charge >= 0.3 is 339 Å². The van der Waals surface area contributed by atoms with Gasteiger partial charge in [0.15, 0.2) is 0 Å². The van der Waals surface area contributed by atoms with E-state index in [1.54, 1.807) is 27.4 Å². The molecule has 0 aliphatic carbocycles. The van der Waals surface area contributed by atoms with Crippen LogP contribution < -0.4 is 9.47 Å². The normalized spacial score (nSPS) is 15.4. The summed E-state index contributed by atoms with van der Waals surface area (Å²) in [5, 5.41) is 11.1. The first-order valence-electron chi connectivity index (χ1n) is 24.4. The molecule has 0 aromatic heterocycles. The summed E-state index contributed by atoms with van der Waals surface area (Å²) >= 11 is -2.83. The number of aliphatic hydroxyl groups is 1. The Bertz CT molecular complexity index is 1880. The molecule has 0 aliphatic heterocycles. The van der Waals surface area contributed by atoms with Crippen molar-refractivity contribution in [2.24, 2.45) is 17.8 Å². The van der Waals surface area contributed by atoms with Crippen molar-refractivity contribution in [2.45, 2.75) is 138 Å². The standard InChI is InChI=1S/C45H57O8.3C4H9.Sn/c1-12-40(50-10)43(53-44(47)41(51-11)28-31(4)27-33(6)42(46)32(5)26-30(2)3)34(7)29-52-45(35-16-14-13-15-17-35,36-18-22-38(48-8)23-19-36)37-20-24-39(49-9)25-21-37;3*1-3-4-2;/h1,12-25,27-28,32-34,40,42-43,46H,2,26,29H2,3-11H3;3*1,3-4H2,2H3;/b12-1?,31-27+,41-28-;;;;/t32-,33+,34-,40-,42-,43+;;;;/m0..../s1. The minimum absolute atomic E-state index is 0.0326. The molecule has 3 aromatic carbocycles. The first-order valence-corrected chi connectivity index (χ1v) is 32.1. The summed E-state index contributed by atoms with van der Waals surface area (Å²) in [5.41, 5.74) is 3.49. The first-order chi connectivity index (χ1) is 31.7. The van der Waals surface area contributed by atoms with Crippen molar-refractivity contribution in [1.82, 2.24) is 0 Å². The van der Waals surface area contributed by atoms with Crippen LogP contribution in [0.4, 0.5) is 0 Å². The van der Waals surface area contributed by atoms with Gasteiger partial charge in [-0.25, -0.2) is 0 Å². The van der Waals surface area contributed by atoms with E-state index in [1.807, 2.05) is 101 Å². The predicted octanol–water partition coefficient (Wildman–Crippen LogP) is 13.6. The molecule has 3 aromatic rings. The number of esters is 1. The summed E-state index contributed by atoms with van der Waals surface area (Å²) in [6.45, 7) is 21.0. The quantitative estimate of drug-likeness (QED) is 0.0130. The number of carbonyl (C=O) groups excluding carboxylic acids is 1. The van der Waals surface area contributed by atoms with Crippen LogP contribution in [-0.4, -0.2) is 82.8 Å². The fourth-order valence-electron chi connectivity index (χ4n) is 9.10. The number of ether oxygens (including phenoxy) is 6. The molecule has 0 radical (unpaired) electrons. The summed E-state index contributed by atoms with van der Waals surface area (Å²) in [7, 11) is 6.51. The number of allylic oxidation sites excluding steroid dienone is 3. The van der Waals surface area contributed by atoms with Crippen LogP contribution in [0.25, 0.3) is 0 Å². The Kier molecular flexibility index (Phi) is 24.9. The zero-order chi connectivity index (χ0) is 48.7. The molecule has 0 saturated heterocycles. The van der Waals surface area contributed by atoms with E-state index in [4.69, 9.17) is 28.4 Å². The average molecular weight is 1020 g/mol. The maximum absolute atomic E-state index is 14.5. The Morgan fingerprint density at radius 2 is 1.24 bits per heavy atom. The number of unbranched alkanes of at least 4 members (excludes halogenated alkanes) is 3. The van der Waals surface area contributed by atoms with E-state index < -0.39 is 48.3 Å². The summed E-state index contributed by atoms with van der Waals surface area (Å²) in [6.07, 6.45) is 11.9. The molecule has 0 saturated carbocycles. The molecule has 9 heteroatoms. The van der Waals surface area contributed by atoms with Crippen molar-refractivity contribution in [3.05, 3.63) is 141 Å². The number of rotatable bonds is 31. The molecular weight excluding hydrogens is 931 g/mol. The number of hydrogen-bond acceptors (Lipinski definition) is 8. The van der Waals surface area contributed by atoms with E-state index in [1.165, 1.54) is 58.9 Å². The van der Waals surface area contributed by atoms with Gasteiger partial charge < -0.3 is 14.6 Å². The van der Waals surface area contributed by atoms with Gasteiger partial charge in [-0.3, -0.25) is 0 Å². The fourth-order valence-corrected chi connectivity index (χ4v) is 23.4. The van der Waals surface area contributed by atoms with E-state index >= 15 is 0 Å². The van der Waals surface area contributed by atoms with Crippen LogP contribution in [0, 0.1) is 17.8 Å². The number of benzene rings is 3. The SMILES string of the molecule is C=C(C)C[C@H](C)[C@H](O)[C@H](C)/C=C(C)/C=C(\OC)C(=O)O[C@@H]([C@H](/C=[CH]/[Sn]([CH2]CCC)([CH2]CCC)[CH2]CCC)OC)[C@@H](C)COC(c1ccccc1)(c1ccc(OC)cc1)c1ccc(OC)cc1. The molecule has 1 N–H and O–H groups in total. The second kappa shape index (κ2) is 29.1. The van der Waals surface area contributed by atoms with Crippen LogP contribution in [0.3, 0.4) is 0 Å². The Morgan fingerprint density at radius 1 is 0.742 bits per heavy atom. The molecule has 0 aliphatic rings. The summed E-state index contributed by atoms with van der Waals surface area (Å²) in [6, 6.07) is 26.2. The van der Waals surface area contributed by atoms with Gasteiger partial charge in [-0.2, -0.15) is 0 Å². The molecule has 0 heterocycles. The van der Waals surface area contributed by atoms with Gasteiger partial charge in [-0.1, -0.05) is 12.5 Å². The van der Waals surface area contributed by atoms with Gasteiger partial charge in [0.1, 0.15) is 0 Å². The van der Waals surface area contributed by atoms with Crippen molar-refractivity contribution in [3.63, 3.8) is 0 Å². The van der Waals surface area contributed by atoms with E-state index in [9.17, 15) is 9.90 Å². The molecule has 6 atom stereocenters. The van der Waals surface area contributed by atoms with E-state index in [0.717, 1.165) is 45.8 Å². The number of aliphatic hydroxyl groups excluding tert-OH is 1. The van der Waals surface area contributed by atoms with Gasteiger partial charge in [0, 0.05) is 0 Å². The van der Waals surface area contributed by atoms with Crippen LogP contribution in [-0.2, 0) is 29.3 Å². The van der Waals surface area contributed by atoms with Crippen LogP contribution in [0.15, 0.2) is 125 Å². The molecule has 0 bridgehead atoms. The Balaban J connectivity index is 2.21. The average Bonchev–Trinajstić information content (AvgIpc) is 3.33. The third kappa shape index (κ3) is 16.4.